The van der Waals surface area contributed by atoms with E-state index < -0.39 is 6.10 Å². The zero-order valence-corrected chi connectivity index (χ0v) is 47.2. The maximum atomic E-state index is 12.9. The molecule has 0 radical (unpaired) electrons. The molecule has 0 rings (SSSR count). The highest BCUT2D eigenvalue weighted by atomic mass is 16.6. The molecular formula is C65H116O6. The van der Waals surface area contributed by atoms with Gasteiger partial charge in [-0.2, -0.15) is 0 Å². The molecule has 0 aliphatic carbocycles. The maximum Gasteiger partial charge on any atom is 0.306 e. The van der Waals surface area contributed by atoms with Gasteiger partial charge in [0, 0.05) is 19.3 Å². The zero-order valence-electron chi connectivity index (χ0n) is 47.2. The molecule has 6 nitrogen and oxygen atoms in total. The molecule has 0 aromatic carbocycles. The Morgan fingerprint density at radius 1 is 0.282 bits per heavy atom. The Kier molecular flexibility index (Phi) is 57.2. The third kappa shape index (κ3) is 57.9. The first kappa shape index (κ1) is 68.1. The second-order valence-corrected chi connectivity index (χ2v) is 20.6. The molecule has 0 aromatic heterocycles. The predicted octanol–water partition coefficient (Wildman–Crippen LogP) is 20.8. The molecule has 412 valence electrons. The van der Waals surface area contributed by atoms with Gasteiger partial charge in [0.1, 0.15) is 13.2 Å². The van der Waals surface area contributed by atoms with Crippen molar-refractivity contribution in [3.63, 3.8) is 0 Å². The van der Waals surface area contributed by atoms with Gasteiger partial charge < -0.3 is 14.2 Å². The van der Waals surface area contributed by atoms with Crippen LogP contribution in [0.4, 0.5) is 0 Å². The summed E-state index contributed by atoms with van der Waals surface area (Å²) in [6, 6.07) is 0. The minimum atomic E-state index is -0.789. The lowest BCUT2D eigenvalue weighted by molar-refractivity contribution is -0.167. The quantitative estimate of drug-likeness (QED) is 0.0261. The van der Waals surface area contributed by atoms with E-state index in [9.17, 15) is 14.4 Å². The summed E-state index contributed by atoms with van der Waals surface area (Å²) in [4.78, 5) is 38.3. The van der Waals surface area contributed by atoms with Crippen molar-refractivity contribution in [2.75, 3.05) is 13.2 Å². The van der Waals surface area contributed by atoms with E-state index in [1.807, 2.05) is 0 Å². The van der Waals surface area contributed by atoms with Crippen LogP contribution in [0, 0.1) is 0 Å². The van der Waals surface area contributed by atoms with Gasteiger partial charge in [0.15, 0.2) is 6.10 Å². The average molecular weight is 994 g/mol. The maximum absolute atomic E-state index is 12.9. The lowest BCUT2D eigenvalue weighted by Gasteiger charge is -2.18. The van der Waals surface area contributed by atoms with Crippen molar-refractivity contribution in [1.29, 1.82) is 0 Å². The fraction of sp³-hybridized carbons (Fsp3) is 0.800. The molecule has 6 heteroatoms. The van der Waals surface area contributed by atoms with Gasteiger partial charge in [0.25, 0.3) is 0 Å². The molecule has 0 N–H and O–H groups in total. The molecule has 0 unspecified atom stereocenters. The SMILES string of the molecule is CCCCC/C=C/C/C=C/C/C=C/C/C=C/CCCCCC(=O)OC[C@@H](COC(=O)CCCCCCCCCCCCCCCCCCC)OC(=O)CCCCCCCCC/C=C/CCCCCCCC. The van der Waals surface area contributed by atoms with Crippen molar-refractivity contribution >= 4 is 17.9 Å². The summed E-state index contributed by atoms with van der Waals surface area (Å²) in [7, 11) is 0. The molecule has 0 spiro atoms. The predicted molar refractivity (Wildman–Crippen MR) is 307 cm³/mol. The summed E-state index contributed by atoms with van der Waals surface area (Å²) in [5.74, 6) is -0.903. The van der Waals surface area contributed by atoms with Crippen molar-refractivity contribution in [3.05, 3.63) is 60.8 Å². The third-order valence-electron chi connectivity index (χ3n) is 13.5. The van der Waals surface area contributed by atoms with Crippen LogP contribution in [0.1, 0.15) is 316 Å². The lowest BCUT2D eigenvalue weighted by atomic mass is 10.0. The molecule has 0 saturated heterocycles. The first-order chi connectivity index (χ1) is 35.0. The van der Waals surface area contributed by atoms with Gasteiger partial charge in [-0.05, 0) is 89.9 Å². The Labute approximate surface area is 440 Å². The fourth-order valence-corrected chi connectivity index (χ4v) is 8.83. The standard InChI is InChI=1S/C65H116O6/c1-4-7-10-13-16-19-22-25-28-31-32-35-37-40-43-46-49-52-55-58-64(67)70-61-62(71-65(68)59-56-53-50-47-44-41-38-34-30-27-24-21-18-15-12-9-6-3)60-69-63(66)57-54-51-48-45-42-39-36-33-29-26-23-20-17-14-11-8-5-2/h16,19,25,27-28,30,32,35,40,43,62H,4-15,17-18,20-24,26,29,31,33-34,36-39,41-42,44-61H2,1-3H3/b19-16+,28-25+,30-27+,35-32+,43-40+/t62-/m1/s1. The van der Waals surface area contributed by atoms with Gasteiger partial charge in [0.05, 0.1) is 0 Å². The number of allylic oxidation sites excluding steroid dienone is 10. The Hall–Kier alpha value is -2.89. The second-order valence-electron chi connectivity index (χ2n) is 20.6. The number of rotatable bonds is 56. The zero-order chi connectivity index (χ0) is 51.4. The average Bonchev–Trinajstić information content (AvgIpc) is 3.37. The molecule has 0 aliphatic rings. The van der Waals surface area contributed by atoms with Gasteiger partial charge >= 0.3 is 17.9 Å². The summed E-state index contributed by atoms with van der Waals surface area (Å²) >= 11 is 0. The van der Waals surface area contributed by atoms with Crippen LogP contribution in [0.2, 0.25) is 0 Å². The number of unbranched alkanes of at least 4 members (excludes halogenated alkanes) is 35. The molecule has 0 aromatic rings. The third-order valence-corrected chi connectivity index (χ3v) is 13.5. The molecule has 71 heavy (non-hydrogen) atoms. The van der Waals surface area contributed by atoms with E-state index in [-0.39, 0.29) is 31.1 Å². The van der Waals surface area contributed by atoms with Crippen molar-refractivity contribution in [3.8, 4) is 0 Å². The van der Waals surface area contributed by atoms with Gasteiger partial charge in [-0.25, -0.2) is 0 Å². The van der Waals surface area contributed by atoms with Crippen LogP contribution in [0.5, 0.6) is 0 Å². The number of hydrogen-bond acceptors (Lipinski definition) is 6. The van der Waals surface area contributed by atoms with Crippen molar-refractivity contribution in [1.82, 2.24) is 0 Å². The van der Waals surface area contributed by atoms with Crippen LogP contribution in [0.15, 0.2) is 60.8 Å². The highest BCUT2D eigenvalue weighted by molar-refractivity contribution is 5.71. The van der Waals surface area contributed by atoms with E-state index in [2.05, 4.69) is 81.5 Å². The number of carbonyl (C=O) groups excluding carboxylic acids is 3. The summed E-state index contributed by atoms with van der Waals surface area (Å²) in [5.41, 5.74) is 0. The van der Waals surface area contributed by atoms with Crippen molar-refractivity contribution < 1.29 is 28.6 Å². The molecule has 0 fully saturated rings. The molecule has 0 heterocycles. The second kappa shape index (κ2) is 59.7. The van der Waals surface area contributed by atoms with Gasteiger partial charge in [-0.3, -0.25) is 14.4 Å². The van der Waals surface area contributed by atoms with E-state index in [1.54, 1.807) is 0 Å². The summed E-state index contributed by atoms with van der Waals surface area (Å²) in [6.45, 7) is 6.62. The van der Waals surface area contributed by atoms with Crippen LogP contribution in [0.25, 0.3) is 0 Å². The Morgan fingerprint density at radius 2 is 0.507 bits per heavy atom. The first-order valence-corrected chi connectivity index (χ1v) is 30.8. The summed E-state index contributed by atoms with van der Waals surface area (Å²) < 4.78 is 16.9. The van der Waals surface area contributed by atoms with Crippen LogP contribution in [0.3, 0.4) is 0 Å². The van der Waals surface area contributed by atoms with Crippen LogP contribution < -0.4 is 0 Å². The van der Waals surface area contributed by atoms with E-state index in [0.717, 1.165) is 83.5 Å². The van der Waals surface area contributed by atoms with Crippen molar-refractivity contribution in [2.24, 2.45) is 0 Å². The minimum Gasteiger partial charge on any atom is -0.462 e. The van der Waals surface area contributed by atoms with E-state index >= 15 is 0 Å². The molecule has 1 atom stereocenters. The minimum absolute atomic E-state index is 0.0832. The molecule has 0 aliphatic heterocycles. The molecule has 0 saturated carbocycles. The molecular weight excluding hydrogens is 877 g/mol. The fourth-order valence-electron chi connectivity index (χ4n) is 8.83. The topological polar surface area (TPSA) is 78.9 Å². The van der Waals surface area contributed by atoms with E-state index in [0.29, 0.717) is 19.3 Å². The largest absolute Gasteiger partial charge is 0.462 e. The van der Waals surface area contributed by atoms with Gasteiger partial charge in [0.2, 0.25) is 0 Å². The number of ether oxygens (including phenoxy) is 3. The smallest absolute Gasteiger partial charge is 0.306 e. The normalized spacial score (nSPS) is 12.4. The number of hydrogen-bond donors (Lipinski definition) is 0. The van der Waals surface area contributed by atoms with Gasteiger partial charge in [-0.15, -0.1) is 0 Å². The van der Waals surface area contributed by atoms with Crippen LogP contribution in [-0.2, 0) is 28.6 Å². The molecule has 0 amide bonds. The highest BCUT2D eigenvalue weighted by Gasteiger charge is 2.19. The monoisotopic (exact) mass is 993 g/mol. The summed E-state index contributed by atoms with van der Waals surface area (Å²) in [5, 5.41) is 0. The van der Waals surface area contributed by atoms with E-state index in [4.69, 9.17) is 14.2 Å². The van der Waals surface area contributed by atoms with Gasteiger partial charge in [-0.1, -0.05) is 268 Å². The highest BCUT2D eigenvalue weighted by Crippen LogP contribution is 2.16. The molecule has 0 bridgehead atoms. The van der Waals surface area contributed by atoms with Crippen LogP contribution in [-0.4, -0.2) is 37.2 Å². The first-order valence-electron chi connectivity index (χ1n) is 30.8. The number of carbonyl (C=O) groups is 3. The van der Waals surface area contributed by atoms with E-state index in [1.165, 1.54) is 193 Å². The van der Waals surface area contributed by atoms with Crippen molar-refractivity contribution in [2.45, 2.75) is 322 Å². The summed E-state index contributed by atoms with van der Waals surface area (Å²) in [6.07, 6.45) is 75.0. The lowest BCUT2D eigenvalue weighted by Crippen LogP contribution is -2.30. The Bertz CT molecular complexity index is 1280. The van der Waals surface area contributed by atoms with Crippen LogP contribution >= 0.6 is 0 Å². The Balaban J connectivity index is 4.42. The Morgan fingerprint density at radius 3 is 0.845 bits per heavy atom. The number of esters is 3.